The summed E-state index contributed by atoms with van der Waals surface area (Å²) in [6.07, 6.45) is 1.53. The van der Waals surface area contributed by atoms with Crippen molar-refractivity contribution in [3.63, 3.8) is 0 Å². The number of rotatable bonds is 4. The van der Waals surface area contributed by atoms with Crippen LogP contribution in [0, 0.1) is 6.92 Å². The van der Waals surface area contributed by atoms with Crippen molar-refractivity contribution in [3.8, 4) is 5.75 Å². The molecule has 0 aliphatic rings. The van der Waals surface area contributed by atoms with Gasteiger partial charge in [-0.15, -0.1) is 0 Å². The zero-order chi connectivity index (χ0) is 14.0. The van der Waals surface area contributed by atoms with Crippen LogP contribution in [0.15, 0.2) is 45.9 Å². The Morgan fingerprint density at radius 2 is 1.84 bits per heavy atom. The minimum absolute atomic E-state index is 0.0345. The van der Waals surface area contributed by atoms with Crippen LogP contribution in [-0.2, 0) is 16.6 Å². The van der Waals surface area contributed by atoms with E-state index in [4.69, 9.17) is 4.42 Å². The van der Waals surface area contributed by atoms with Crippen LogP contribution in [-0.4, -0.2) is 24.9 Å². The van der Waals surface area contributed by atoms with Gasteiger partial charge in [0.1, 0.15) is 11.5 Å². The van der Waals surface area contributed by atoms with E-state index in [1.54, 1.807) is 13.0 Å². The summed E-state index contributed by atoms with van der Waals surface area (Å²) in [4.78, 5) is 0.147. The van der Waals surface area contributed by atoms with Gasteiger partial charge in [-0.2, -0.15) is 4.31 Å². The van der Waals surface area contributed by atoms with Crippen molar-refractivity contribution in [3.05, 3.63) is 47.9 Å². The van der Waals surface area contributed by atoms with E-state index in [0.29, 0.717) is 5.76 Å². The molecule has 5 nitrogen and oxygen atoms in total. The second-order valence-electron chi connectivity index (χ2n) is 4.26. The number of furan rings is 1. The molecule has 0 aliphatic heterocycles. The first-order valence-electron chi connectivity index (χ1n) is 5.69. The van der Waals surface area contributed by atoms with Crippen molar-refractivity contribution in [2.75, 3.05) is 7.05 Å². The van der Waals surface area contributed by atoms with Gasteiger partial charge in [0.2, 0.25) is 10.0 Å². The third-order valence-electron chi connectivity index (χ3n) is 2.90. The molecule has 0 saturated carbocycles. The molecule has 0 fully saturated rings. The van der Waals surface area contributed by atoms with E-state index in [0.717, 1.165) is 5.56 Å². The minimum atomic E-state index is -3.57. The summed E-state index contributed by atoms with van der Waals surface area (Å²) in [6, 6.07) is 7.21. The van der Waals surface area contributed by atoms with Gasteiger partial charge in [-0.25, -0.2) is 8.42 Å². The van der Waals surface area contributed by atoms with Crippen LogP contribution in [0.3, 0.4) is 0 Å². The molecule has 0 bridgehead atoms. The number of phenols is 1. The third-order valence-corrected chi connectivity index (χ3v) is 4.72. The first kappa shape index (κ1) is 13.6. The van der Waals surface area contributed by atoms with Crippen molar-refractivity contribution in [2.24, 2.45) is 0 Å². The lowest BCUT2D eigenvalue weighted by atomic mass is 10.3. The molecule has 1 aromatic heterocycles. The summed E-state index contributed by atoms with van der Waals surface area (Å²) in [5, 5.41) is 9.18. The smallest absolute Gasteiger partial charge is 0.243 e. The topological polar surface area (TPSA) is 70.8 Å². The SMILES string of the molecule is Cc1occc1CN(C)S(=O)(=O)c1ccc(O)cc1. The Labute approximate surface area is 112 Å². The number of aromatic hydroxyl groups is 1. The summed E-state index contributed by atoms with van der Waals surface area (Å²) in [5.41, 5.74) is 0.824. The molecular formula is C13H15NO4S. The van der Waals surface area contributed by atoms with Crippen molar-refractivity contribution in [2.45, 2.75) is 18.4 Å². The summed E-state index contributed by atoms with van der Waals surface area (Å²) in [5.74, 6) is 0.736. The Morgan fingerprint density at radius 1 is 1.21 bits per heavy atom. The van der Waals surface area contributed by atoms with E-state index in [9.17, 15) is 13.5 Å². The number of hydrogen-bond acceptors (Lipinski definition) is 4. The first-order chi connectivity index (χ1) is 8.91. The van der Waals surface area contributed by atoms with Gasteiger partial charge < -0.3 is 9.52 Å². The summed E-state index contributed by atoms with van der Waals surface area (Å²) >= 11 is 0. The lowest BCUT2D eigenvalue weighted by Crippen LogP contribution is -2.26. The fraction of sp³-hybridized carbons (Fsp3) is 0.231. The first-order valence-corrected chi connectivity index (χ1v) is 7.13. The average molecular weight is 281 g/mol. The number of phenolic OH excluding ortho intramolecular Hbond substituents is 1. The summed E-state index contributed by atoms with van der Waals surface area (Å²) in [7, 11) is -2.06. The molecular weight excluding hydrogens is 266 g/mol. The molecule has 0 atom stereocenters. The predicted molar refractivity (Wildman–Crippen MR) is 70.2 cm³/mol. The van der Waals surface area contributed by atoms with E-state index >= 15 is 0 Å². The Bertz CT molecular complexity index is 658. The monoisotopic (exact) mass is 281 g/mol. The van der Waals surface area contributed by atoms with Gasteiger partial charge in [0.25, 0.3) is 0 Å². The molecule has 0 aliphatic carbocycles. The maximum Gasteiger partial charge on any atom is 0.243 e. The van der Waals surface area contributed by atoms with E-state index in [1.165, 1.54) is 41.9 Å². The van der Waals surface area contributed by atoms with Crippen LogP contribution in [0.5, 0.6) is 5.75 Å². The van der Waals surface area contributed by atoms with E-state index in [1.807, 2.05) is 0 Å². The van der Waals surface area contributed by atoms with Gasteiger partial charge >= 0.3 is 0 Å². The molecule has 102 valence electrons. The number of aryl methyl sites for hydroxylation is 1. The molecule has 0 saturated heterocycles. The van der Waals surface area contributed by atoms with Crippen molar-refractivity contribution in [1.82, 2.24) is 4.31 Å². The highest BCUT2D eigenvalue weighted by Crippen LogP contribution is 2.20. The highest BCUT2D eigenvalue weighted by atomic mass is 32.2. The molecule has 1 aromatic carbocycles. The normalized spacial score (nSPS) is 11.9. The highest BCUT2D eigenvalue weighted by molar-refractivity contribution is 7.89. The van der Waals surface area contributed by atoms with Crippen LogP contribution in [0.1, 0.15) is 11.3 Å². The molecule has 1 heterocycles. The zero-order valence-electron chi connectivity index (χ0n) is 10.7. The zero-order valence-corrected chi connectivity index (χ0v) is 11.5. The number of hydrogen-bond donors (Lipinski definition) is 1. The van der Waals surface area contributed by atoms with Crippen LogP contribution < -0.4 is 0 Å². The second kappa shape index (κ2) is 5.07. The van der Waals surface area contributed by atoms with E-state index < -0.39 is 10.0 Å². The molecule has 0 amide bonds. The van der Waals surface area contributed by atoms with E-state index in [-0.39, 0.29) is 17.2 Å². The number of benzene rings is 1. The van der Waals surface area contributed by atoms with Gasteiger partial charge in [-0.05, 0) is 37.3 Å². The molecule has 0 spiro atoms. The minimum Gasteiger partial charge on any atom is -0.508 e. The Kier molecular flexibility index (Phi) is 3.64. The van der Waals surface area contributed by atoms with Crippen LogP contribution >= 0.6 is 0 Å². The van der Waals surface area contributed by atoms with Gasteiger partial charge in [-0.3, -0.25) is 0 Å². The lowest BCUT2D eigenvalue weighted by Gasteiger charge is -2.16. The van der Waals surface area contributed by atoms with Gasteiger partial charge in [-0.1, -0.05) is 0 Å². The maximum absolute atomic E-state index is 12.3. The number of sulfonamides is 1. The molecule has 6 heteroatoms. The van der Waals surface area contributed by atoms with Gasteiger partial charge in [0.05, 0.1) is 11.2 Å². The Hall–Kier alpha value is -1.79. The van der Waals surface area contributed by atoms with Crippen molar-refractivity contribution in [1.29, 1.82) is 0 Å². The molecule has 1 N–H and O–H groups in total. The third kappa shape index (κ3) is 2.80. The fourth-order valence-corrected chi connectivity index (χ4v) is 2.85. The summed E-state index contributed by atoms with van der Waals surface area (Å²) in [6.45, 7) is 2.03. The van der Waals surface area contributed by atoms with Gasteiger partial charge in [0, 0.05) is 19.2 Å². The van der Waals surface area contributed by atoms with Crippen LogP contribution in [0.4, 0.5) is 0 Å². The molecule has 0 unspecified atom stereocenters. The predicted octanol–water partition coefficient (Wildman–Crippen LogP) is 2.11. The Balaban J connectivity index is 2.24. The quantitative estimate of drug-likeness (QED) is 0.931. The van der Waals surface area contributed by atoms with Crippen LogP contribution in [0.2, 0.25) is 0 Å². The average Bonchev–Trinajstić information content (AvgIpc) is 2.75. The standard InChI is InChI=1S/C13H15NO4S/c1-10-11(7-8-18-10)9-14(2)19(16,17)13-5-3-12(15)4-6-13/h3-8,15H,9H2,1-2H3. The largest absolute Gasteiger partial charge is 0.508 e. The van der Waals surface area contributed by atoms with Gasteiger partial charge in [0.15, 0.2) is 0 Å². The molecule has 2 aromatic rings. The Morgan fingerprint density at radius 3 is 2.37 bits per heavy atom. The fourth-order valence-electron chi connectivity index (χ4n) is 1.70. The molecule has 2 rings (SSSR count). The van der Waals surface area contributed by atoms with Crippen molar-refractivity contribution < 1.29 is 17.9 Å². The molecule has 19 heavy (non-hydrogen) atoms. The summed E-state index contributed by atoms with van der Waals surface area (Å²) < 4.78 is 31.0. The van der Waals surface area contributed by atoms with Crippen LogP contribution in [0.25, 0.3) is 0 Å². The maximum atomic E-state index is 12.3. The lowest BCUT2D eigenvalue weighted by molar-refractivity contribution is 0.458. The van der Waals surface area contributed by atoms with Crippen molar-refractivity contribution >= 4 is 10.0 Å². The highest BCUT2D eigenvalue weighted by Gasteiger charge is 2.21. The molecule has 0 radical (unpaired) electrons. The number of nitrogens with zero attached hydrogens (tertiary/aromatic N) is 1. The second-order valence-corrected chi connectivity index (χ2v) is 6.30. The van der Waals surface area contributed by atoms with E-state index in [2.05, 4.69) is 0 Å².